The molecule has 2 nitrogen and oxygen atoms in total. The lowest BCUT2D eigenvalue weighted by molar-refractivity contribution is -0.137. The Morgan fingerprint density at radius 2 is 1.67 bits per heavy atom. The molecule has 0 aliphatic heterocycles. The van der Waals surface area contributed by atoms with E-state index in [0.29, 0.717) is 12.5 Å². The molecule has 0 saturated heterocycles. The molecule has 0 N–H and O–H groups in total. The summed E-state index contributed by atoms with van der Waals surface area (Å²) < 4.78 is 5.04. The smallest absolute Gasteiger partial charge is 0.330 e. The van der Waals surface area contributed by atoms with Crippen molar-refractivity contribution < 1.29 is 9.53 Å². The number of rotatable bonds is 3. The lowest BCUT2D eigenvalue weighted by atomic mass is 9.50. The molecule has 4 bridgehead atoms. The average molecular weight is 248 g/mol. The molecule has 0 spiro atoms. The van der Waals surface area contributed by atoms with E-state index in [1.54, 1.807) is 6.08 Å². The van der Waals surface area contributed by atoms with Crippen molar-refractivity contribution in [2.45, 2.75) is 46.0 Å². The molecule has 0 aromatic carbocycles. The molecule has 0 unspecified atom stereocenters. The third-order valence-corrected chi connectivity index (χ3v) is 5.38. The SMILES string of the molecule is CCOC(=O)/C=C(/C)C1C2CC3CC(C2)CC1C3. The maximum absolute atomic E-state index is 11.6. The molecule has 4 aliphatic rings. The predicted molar refractivity (Wildman–Crippen MR) is 70.9 cm³/mol. The molecule has 0 aromatic heterocycles. The van der Waals surface area contributed by atoms with Crippen molar-refractivity contribution in [1.29, 1.82) is 0 Å². The molecule has 100 valence electrons. The standard InChI is InChI=1S/C16H24O2/c1-3-18-15(17)4-10(2)16-13-6-11-5-12(8-13)9-14(16)7-11/h4,11-14,16H,3,5-9H2,1-2H3/b10-4-. The fraction of sp³-hybridized carbons (Fsp3) is 0.812. The highest BCUT2D eigenvalue weighted by molar-refractivity contribution is 5.82. The summed E-state index contributed by atoms with van der Waals surface area (Å²) in [5.41, 5.74) is 1.28. The molecule has 4 fully saturated rings. The molecule has 4 aliphatic carbocycles. The van der Waals surface area contributed by atoms with Crippen LogP contribution in [0.15, 0.2) is 11.6 Å². The third kappa shape index (κ3) is 2.10. The molecular formula is C16H24O2. The van der Waals surface area contributed by atoms with Crippen molar-refractivity contribution in [2.75, 3.05) is 6.61 Å². The number of ether oxygens (including phenoxy) is 1. The van der Waals surface area contributed by atoms with Crippen LogP contribution in [0.4, 0.5) is 0 Å². The van der Waals surface area contributed by atoms with E-state index in [9.17, 15) is 4.79 Å². The predicted octanol–water partition coefficient (Wildman–Crippen LogP) is 3.57. The average Bonchev–Trinajstić information content (AvgIpc) is 2.27. The Labute approximate surface area is 110 Å². The lowest BCUT2D eigenvalue weighted by Crippen LogP contribution is -2.45. The van der Waals surface area contributed by atoms with Crippen LogP contribution in [-0.2, 0) is 9.53 Å². The largest absolute Gasteiger partial charge is 0.463 e. The van der Waals surface area contributed by atoms with Gasteiger partial charge in [0.25, 0.3) is 0 Å². The maximum Gasteiger partial charge on any atom is 0.330 e. The molecule has 18 heavy (non-hydrogen) atoms. The van der Waals surface area contributed by atoms with Gasteiger partial charge in [0, 0.05) is 6.08 Å². The first-order valence-electron chi connectivity index (χ1n) is 7.52. The quantitative estimate of drug-likeness (QED) is 0.564. The second-order valence-corrected chi connectivity index (χ2v) is 6.60. The zero-order chi connectivity index (χ0) is 12.7. The minimum Gasteiger partial charge on any atom is -0.463 e. The first kappa shape index (κ1) is 12.3. The summed E-state index contributed by atoms with van der Waals surface area (Å²) in [7, 11) is 0. The Kier molecular flexibility index (Phi) is 3.21. The topological polar surface area (TPSA) is 26.3 Å². The summed E-state index contributed by atoms with van der Waals surface area (Å²) in [5, 5.41) is 0. The van der Waals surface area contributed by atoms with Crippen molar-refractivity contribution in [1.82, 2.24) is 0 Å². The molecule has 0 radical (unpaired) electrons. The van der Waals surface area contributed by atoms with Crippen LogP contribution in [0, 0.1) is 29.6 Å². The van der Waals surface area contributed by atoms with E-state index in [1.165, 1.54) is 37.7 Å². The summed E-state index contributed by atoms with van der Waals surface area (Å²) in [6.07, 6.45) is 8.88. The zero-order valence-corrected chi connectivity index (χ0v) is 11.5. The number of hydrogen-bond donors (Lipinski definition) is 0. The fourth-order valence-electron chi connectivity index (χ4n) is 5.13. The van der Waals surface area contributed by atoms with E-state index in [-0.39, 0.29) is 5.97 Å². The van der Waals surface area contributed by atoms with Gasteiger partial charge in [-0.25, -0.2) is 4.79 Å². The van der Waals surface area contributed by atoms with Gasteiger partial charge in [0.15, 0.2) is 0 Å². The first-order valence-corrected chi connectivity index (χ1v) is 7.52. The molecule has 4 saturated carbocycles. The number of hydrogen-bond acceptors (Lipinski definition) is 2. The molecule has 4 rings (SSSR count). The van der Waals surface area contributed by atoms with Crippen molar-refractivity contribution >= 4 is 5.97 Å². The van der Waals surface area contributed by atoms with E-state index in [4.69, 9.17) is 4.74 Å². The molecule has 0 aromatic rings. The Balaban J connectivity index is 1.74. The number of carbonyl (C=O) groups is 1. The first-order chi connectivity index (χ1) is 8.67. The molecule has 0 atom stereocenters. The molecule has 2 heteroatoms. The maximum atomic E-state index is 11.6. The highest BCUT2D eigenvalue weighted by Gasteiger charge is 2.48. The third-order valence-electron chi connectivity index (χ3n) is 5.38. The summed E-state index contributed by atoms with van der Waals surface area (Å²) in [4.78, 5) is 11.6. The van der Waals surface area contributed by atoms with E-state index in [2.05, 4.69) is 6.92 Å². The Bertz CT molecular complexity index is 341. The van der Waals surface area contributed by atoms with Gasteiger partial charge in [-0.05, 0) is 75.5 Å². The molecular weight excluding hydrogens is 224 g/mol. The van der Waals surface area contributed by atoms with Crippen molar-refractivity contribution in [3.63, 3.8) is 0 Å². The summed E-state index contributed by atoms with van der Waals surface area (Å²) >= 11 is 0. The Morgan fingerprint density at radius 3 is 2.17 bits per heavy atom. The van der Waals surface area contributed by atoms with Crippen LogP contribution < -0.4 is 0 Å². The summed E-state index contributed by atoms with van der Waals surface area (Å²) in [5.74, 6) is 4.23. The van der Waals surface area contributed by atoms with Crippen molar-refractivity contribution in [2.24, 2.45) is 29.6 Å². The number of carbonyl (C=O) groups excluding carboxylic acids is 1. The van der Waals surface area contributed by atoms with Gasteiger partial charge in [0.2, 0.25) is 0 Å². The van der Waals surface area contributed by atoms with Crippen LogP contribution >= 0.6 is 0 Å². The van der Waals surface area contributed by atoms with Crippen molar-refractivity contribution in [3.8, 4) is 0 Å². The highest BCUT2D eigenvalue weighted by Crippen LogP contribution is 2.58. The summed E-state index contributed by atoms with van der Waals surface area (Å²) in [6.45, 7) is 4.48. The fourth-order valence-corrected chi connectivity index (χ4v) is 5.13. The van der Waals surface area contributed by atoms with Crippen LogP contribution in [0.3, 0.4) is 0 Å². The number of esters is 1. The van der Waals surface area contributed by atoms with Crippen LogP contribution in [0.25, 0.3) is 0 Å². The van der Waals surface area contributed by atoms with Gasteiger partial charge in [-0.1, -0.05) is 5.57 Å². The van der Waals surface area contributed by atoms with Gasteiger partial charge in [0.1, 0.15) is 0 Å². The summed E-state index contributed by atoms with van der Waals surface area (Å²) in [6, 6.07) is 0. The van der Waals surface area contributed by atoms with Crippen LogP contribution in [0.2, 0.25) is 0 Å². The minimum absolute atomic E-state index is 0.149. The second kappa shape index (κ2) is 4.71. The minimum atomic E-state index is -0.149. The van der Waals surface area contributed by atoms with Crippen LogP contribution in [0.1, 0.15) is 46.0 Å². The number of allylic oxidation sites excluding steroid dienone is 1. The monoisotopic (exact) mass is 248 g/mol. The normalized spacial score (nSPS) is 42.1. The highest BCUT2D eigenvalue weighted by atomic mass is 16.5. The molecule has 0 amide bonds. The lowest BCUT2D eigenvalue weighted by Gasteiger charge is -2.54. The van der Waals surface area contributed by atoms with Gasteiger partial charge in [-0.15, -0.1) is 0 Å². The van der Waals surface area contributed by atoms with Crippen LogP contribution in [-0.4, -0.2) is 12.6 Å². The van der Waals surface area contributed by atoms with Gasteiger partial charge in [-0.2, -0.15) is 0 Å². The van der Waals surface area contributed by atoms with Crippen LogP contribution in [0.5, 0.6) is 0 Å². The Morgan fingerprint density at radius 1 is 1.11 bits per heavy atom. The molecule has 0 heterocycles. The van der Waals surface area contributed by atoms with E-state index < -0.39 is 0 Å². The van der Waals surface area contributed by atoms with Crippen molar-refractivity contribution in [3.05, 3.63) is 11.6 Å². The Hall–Kier alpha value is -0.790. The van der Waals surface area contributed by atoms with E-state index in [0.717, 1.165) is 23.7 Å². The van der Waals surface area contributed by atoms with Gasteiger partial charge < -0.3 is 4.74 Å². The van der Waals surface area contributed by atoms with Gasteiger partial charge >= 0.3 is 5.97 Å². The van der Waals surface area contributed by atoms with Gasteiger partial charge in [0.05, 0.1) is 6.61 Å². The van der Waals surface area contributed by atoms with E-state index >= 15 is 0 Å². The van der Waals surface area contributed by atoms with Gasteiger partial charge in [-0.3, -0.25) is 0 Å². The van der Waals surface area contributed by atoms with E-state index in [1.807, 2.05) is 6.92 Å². The second-order valence-electron chi connectivity index (χ2n) is 6.60. The zero-order valence-electron chi connectivity index (χ0n) is 11.5.